The van der Waals surface area contributed by atoms with Crippen LogP contribution in [-0.2, 0) is 14.3 Å². The van der Waals surface area contributed by atoms with Crippen molar-refractivity contribution >= 4 is 17.9 Å². The van der Waals surface area contributed by atoms with Crippen molar-refractivity contribution in [2.24, 2.45) is 11.7 Å². The van der Waals surface area contributed by atoms with Gasteiger partial charge in [0.25, 0.3) is 0 Å². The Balaban J connectivity index is 2.70. The molecule has 0 saturated carbocycles. The molecule has 0 aromatic rings. The molecular weight excluding hydrogens is 278 g/mol. The Morgan fingerprint density at radius 2 is 2.14 bits per heavy atom. The Kier molecular flexibility index (Phi) is 5.54. The van der Waals surface area contributed by atoms with Gasteiger partial charge >= 0.3 is 6.09 Å². The molecule has 8 nitrogen and oxygen atoms in total. The van der Waals surface area contributed by atoms with Crippen molar-refractivity contribution in [3.63, 3.8) is 0 Å². The summed E-state index contributed by atoms with van der Waals surface area (Å²) in [6.45, 7) is 5.61. The van der Waals surface area contributed by atoms with Crippen LogP contribution in [0.2, 0.25) is 0 Å². The molecule has 1 rings (SSSR count). The molecule has 0 aromatic heterocycles. The molecule has 0 spiro atoms. The first-order chi connectivity index (χ1) is 9.60. The van der Waals surface area contributed by atoms with Gasteiger partial charge in [0.1, 0.15) is 5.60 Å². The van der Waals surface area contributed by atoms with Gasteiger partial charge in [0.05, 0.1) is 6.04 Å². The molecule has 21 heavy (non-hydrogen) atoms. The van der Waals surface area contributed by atoms with E-state index in [-0.39, 0.29) is 18.2 Å². The molecule has 1 heterocycles. The zero-order chi connectivity index (χ0) is 16.2. The van der Waals surface area contributed by atoms with Gasteiger partial charge in [-0.15, -0.1) is 0 Å². The van der Waals surface area contributed by atoms with Gasteiger partial charge in [0.15, 0.2) is 6.10 Å². The first-order valence-electron chi connectivity index (χ1n) is 6.85. The molecule has 3 amide bonds. The molecule has 0 radical (unpaired) electrons. The van der Waals surface area contributed by atoms with Gasteiger partial charge in [-0.05, 0) is 33.6 Å². The molecule has 8 heteroatoms. The van der Waals surface area contributed by atoms with Crippen LogP contribution in [0.15, 0.2) is 0 Å². The maximum atomic E-state index is 11.8. The standard InChI is InChI=1S/C13H23N3O5/c1-13(2,3)21-12(20)16-8(9(17)10(14)18)6-7-4-5-15-11(7)19/h7-9,17H,4-6H2,1-3H3,(H2,14,18)(H,15,19)(H,16,20). The molecule has 120 valence electrons. The summed E-state index contributed by atoms with van der Waals surface area (Å²) in [7, 11) is 0. The highest BCUT2D eigenvalue weighted by molar-refractivity contribution is 5.82. The Morgan fingerprint density at radius 1 is 1.52 bits per heavy atom. The lowest BCUT2D eigenvalue weighted by Gasteiger charge is -2.26. The molecule has 5 N–H and O–H groups in total. The van der Waals surface area contributed by atoms with Gasteiger partial charge in [-0.2, -0.15) is 0 Å². The number of hydrogen-bond donors (Lipinski definition) is 4. The normalized spacial score (nSPS) is 21.3. The summed E-state index contributed by atoms with van der Waals surface area (Å²) in [5.74, 6) is -1.50. The number of nitrogens with one attached hydrogen (secondary N) is 2. The third-order valence-corrected chi connectivity index (χ3v) is 3.08. The van der Waals surface area contributed by atoms with Crippen LogP contribution in [-0.4, -0.2) is 47.3 Å². The highest BCUT2D eigenvalue weighted by atomic mass is 16.6. The van der Waals surface area contributed by atoms with Crippen LogP contribution >= 0.6 is 0 Å². The molecule has 0 bridgehead atoms. The van der Waals surface area contributed by atoms with E-state index >= 15 is 0 Å². The number of aliphatic hydroxyl groups excluding tert-OH is 1. The quantitative estimate of drug-likeness (QED) is 0.531. The van der Waals surface area contributed by atoms with Crippen molar-refractivity contribution in [1.29, 1.82) is 0 Å². The second-order valence-electron chi connectivity index (χ2n) is 6.11. The molecule has 1 fully saturated rings. The third kappa shape index (κ3) is 5.58. The molecule has 1 saturated heterocycles. The minimum absolute atomic E-state index is 0.120. The van der Waals surface area contributed by atoms with Crippen molar-refractivity contribution in [2.45, 2.75) is 51.4 Å². The van der Waals surface area contributed by atoms with E-state index < -0.39 is 29.7 Å². The number of ether oxygens (including phenoxy) is 1. The zero-order valence-corrected chi connectivity index (χ0v) is 12.5. The van der Waals surface area contributed by atoms with Crippen LogP contribution in [0.4, 0.5) is 4.79 Å². The average molecular weight is 301 g/mol. The minimum atomic E-state index is -1.58. The van der Waals surface area contributed by atoms with Crippen LogP contribution in [0.25, 0.3) is 0 Å². The Morgan fingerprint density at radius 3 is 2.57 bits per heavy atom. The number of rotatable bonds is 5. The van der Waals surface area contributed by atoms with E-state index in [1.807, 2.05) is 0 Å². The predicted octanol–water partition coefficient (Wildman–Crippen LogP) is -0.748. The van der Waals surface area contributed by atoms with Crippen LogP contribution in [0, 0.1) is 5.92 Å². The second-order valence-corrected chi connectivity index (χ2v) is 6.11. The zero-order valence-electron chi connectivity index (χ0n) is 12.5. The van der Waals surface area contributed by atoms with E-state index in [9.17, 15) is 19.5 Å². The first-order valence-corrected chi connectivity index (χ1v) is 6.85. The summed E-state index contributed by atoms with van der Waals surface area (Å²) in [5, 5.41) is 14.9. The minimum Gasteiger partial charge on any atom is -0.444 e. The maximum Gasteiger partial charge on any atom is 0.407 e. The summed E-state index contributed by atoms with van der Waals surface area (Å²) in [6.07, 6.45) is -1.65. The predicted molar refractivity (Wildman–Crippen MR) is 74.1 cm³/mol. The largest absolute Gasteiger partial charge is 0.444 e. The average Bonchev–Trinajstić information content (AvgIpc) is 2.70. The second kappa shape index (κ2) is 6.75. The highest BCUT2D eigenvalue weighted by Gasteiger charge is 2.34. The van der Waals surface area contributed by atoms with Crippen molar-refractivity contribution < 1.29 is 24.2 Å². The summed E-state index contributed by atoms with van der Waals surface area (Å²) >= 11 is 0. The van der Waals surface area contributed by atoms with E-state index in [4.69, 9.17) is 10.5 Å². The molecular formula is C13H23N3O5. The van der Waals surface area contributed by atoms with Crippen LogP contribution < -0.4 is 16.4 Å². The summed E-state index contributed by atoms with van der Waals surface area (Å²) in [5.41, 5.74) is 4.36. The van der Waals surface area contributed by atoms with E-state index in [0.717, 1.165) is 0 Å². The summed E-state index contributed by atoms with van der Waals surface area (Å²) in [6, 6.07) is -0.966. The van der Waals surface area contributed by atoms with Gasteiger partial charge in [0, 0.05) is 12.5 Å². The summed E-state index contributed by atoms with van der Waals surface area (Å²) < 4.78 is 5.08. The SMILES string of the molecule is CC(C)(C)OC(=O)NC(CC1CCNC1=O)C(O)C(N)=O. The van der Waals surface area contributed by atoms with E-state index in [0.29, 0.717) is 13.0 Å². The van der Waals surface area contributed by atoms with Gasteiger partial charge in [-0.3, -0.25) is 9.59 Å². The number of primary amides is 1. The lowest BCUT2D eigenvalue weighted by atomic mass is 9.95. The maximum absolute atomic E-state index is 11.8. The van der Waals surface area contributed by atoms with Crippen LogP contribution in [0.3, 0.4) is 0 Å². The number of alkyl carbamates (subject to hydrolysis) is 1. The van der Waals surface area contributed by atoms with Crippen LogP contribution in [0.1, 0.15) is 33.6 Å². The van der Waals surface area contributed by atoms with Gasteiger partial charge in [-0.25, -0.2) is 4.79 Å². The van der Waals surface area contributed by atoms with E-state index in [1.54, 1.807) is 20.8 Å². The first kappa shape index (κ1) is 17.2. The van der Waals surface area contributed by atoms with E-state index in [1.165, 1.54) is 0 Å². The number of carbonyl (C=O) groups is 3. The molecule has 1 aliphatic heterocycles. The fourth-order valence-electron chi connectivity index (χ4n) is 2.10. The Labute approximate surface area is 123 Å². The molecule has 3 unspecified atom stereocenters. The van der Waals surface area contributed by atoms with Gasteiger partial charge < -0.3 is 26.2 Å². The fourth-order valence-corrected chi connectivity index (χ4v) is 2.10. The van der Waals surface area contributed by atoms with Crippen molar-refractivity contribution in [3.8, 4) is 0 Å². The van der Waals surface area contributed by atoms with Crippen LogP contribution in [0.5, 0.6) is 0 Å². The van der Waals surface area contributed by atoms with Crippen molar-refractivity contribution in [3.05, 3.63) is 0 Å². The highest BCUT2D eigenvalue weighted by Crippen LogP contribution is 2.18. The molecule has 0 aliphatic carbocycles. The number of amides is 3. The molecule has 0 aromatic carbocycles. The number of hydrogen-bond acceptors (Lipinski definition) is 5. The smallest absolute Gasteiger partial charge is 0.407 e. The lowest BCUT2D eigenvalue weighted by Crippen LogP contribution is -2.51. The molecule has 3 atom stereocenters. The Bertz CT molecular complexity index is 419. The number of aliphatic hydroxyl groups is 1. The number of carbonyl (C=O) groups excluding carboxylic acids is 3. The van der Waals surface area contributed by atoms with Gasteiger partial charge in [0.2, 0.25) is 11.8 Å². The monoisotopic (exact) mass is 301 g/mol. The van der Waals surface area contributed by atoms with Gasteiger partial charge in [-0.1, -0.05) is 0 Å². The lowest BCUT2D eigenvalue weighted by molar-refractivity contribution is -0.129. The van der Waals surface area contributed by atoms with Crippen molar-refractivity contribution in [2.75, 3.05) is 6.54 Å². The molecule has 1 aliphatic rings. The number of nitrogens with two attached hydrogens (primary N) is 1. The fraction of sp³-hybridized carbons (Fsp3) is 0.769. The summed E-state index contributed by atoms with van der Waals surface area (Å²) in [4.78, 5) is 34.5. The van der Waals surface area contributed by atoms with Crippen molar-refractivity contribution in [1.82, 2.24) is 10.6 Å². The van der Waals surface area contributed by atoms with E-state index in [2.05, 4.69) is 10.6 Å². The Hall–Kier alpha value is -1.83. The third-order valence-electron chi connectivity index (χ3n) is 3.08. The topological polar surface area (TPSA) is 131 Å².